The second-order valence-corrected chi connectivity index (χ2v) is 4.99. The molecule has 0 radical (unpaired) electrons. The topological polar surface area (TPSA) is 87.5 Å². The number of nitrogens with one attached hydrogen (secondary N) is 2. The summed E-state index contributed by atoms with van der Waals surface area (Å²) in [5.74, 6) is -0.316. The van der Waals surface area contributed by atoms with E-state index in [-0.39, 0.29) is 12.5 Å². The summed E-state index contributed by atoms with van der Waals surface area (Å²) in [6, 6.07) is 5.33. The highest BCUT2D eigenvalue weighted by Crippen LogP contribution is 2.23. The molecule has 21 heavy (non-hydrogen) atoms. The van der Waals surface area contributed by atoms with Gasteiger partial charge < -0.3 is 11.1 Å². The number of imide groups is 1. The molecule has 6 heteroatoms. The van der Waals surface area contributed by atoms with E-state index in [0.29, 0.717) is 13.1 Å². The van der Waals surface area contributed by atoms with Gasteiger partial charge in [-0.3, -0.25) is 15.0 Å². The zero-order valence-electron chi connectivity index (χ0n) is 11.9. The minimum atomic E-state index is -0.499. The van der Waals surface area contributed by atoms with Crippen molar-refractivity contribution in [2.45, 2.75) is 13.0 Å². The van der Waals surface area contributed by atoms with E-state index in [0.717, 1.165) is 29.8 Å². The molecule has 1 aliphatic rings. The van der Waals surface area contributed by atoms with E-state index in [4.69, 9.17) is 5.73 Å². The summed E-state index contributed by atoms with van der Waals surface area (Å²) in [6.45, 7) is 5.43. The second kappa shape index (κ2) is 6.90. The van der Waals surface area contributed by atoms with Gasteiger partial charge >= 0.3 is 6.03 Å². The Morgan fingerprint density at radius 1 is 1.43 bits per heavy atom. The maximum Gasteiger partial charge on any atom is 0.321 e. The van der Waals surface area contributed by atoms with Crippen LogP contribution in [0.5, 0.6) is 0 Å². The number of nitrogen functional groups attached to an aromatic ring is 1. The minimum absolute atomic E-state index is 0.190. The Labute approximate surface area is 124 Å². The van der Waals surface area contributed by atoms with Crippen LogP contribution in [-0.2, 0) is 17.8 Å². The molecule has 6 nitrogen and oxygen atoms in total. The smallest absolute Gasteiger partial charge is 0.321 e. The number of urea groups is 1. The maximum absolute atomic E-state index is 11.8. The maximum atomic E-state index is 11.8. The van der Waals surface area contributed by atoms with Crippen LogP contribution < -0.4 is 16.4 Å². The van der Waals surface area contributed by atoms with E-state index in [1.54, 1.807) is 6.08 Å². The van der Waals surface area contributed by atoms with E-state index < -0.39 is 6.03 Å². The molecule has 0 fully saturated rings. The van der Waals surface area contributed by atoms with Gasteiger partial charge in [-0.2, -0.15) is 0 Å². The molecule has 0 atom stereocenters. The first kappa shape index (κ1) is 15.1. The highest BCUT2D eigenvalue weighted by Gasteiger charge is 2.20. The van der Waals surface area contributed by atoms with Gasteiger partial charge in [0, 0.05) is 25.3 Å². The largest absolute Gasteiger partial charge is 0.398 e. The SMILES string of the molecule is C=CCNC(=O)NC(=O)CN1CCc2c(N)cccc2C1. The third-order valence-electron chi connectivity index (χ3n) is 3.41. The van der Waals surface area contributed by atoms with Crippen LogP contribution in [0.15, 0.2) is 30.9 Å². The molecule has 3 amide bonds. The Balaban J connectivity index is 1.86. The van der Waals surface area contributed by atoms with Gasteiger partial charge in [-0.05, 0) is 23.6 Å². The predicted octanol–water partition coefficient (Wildman–Crippen LogP) is 0.639. The normalized spacial score (nSPS) is 14.1. The van der Waals surface area contributed by atoms with Crippen molar-refractivity contribution in [1.82, 2.24) is 15.5 Å². The summed E-state index contributed by atoms with van der Waals surface area (Å²) in [6.07, 6.45) is 2.37. The van der Waals surface area contributed by atoms with Gasteiger partial charge in [0.1, 0.15) is 0 Å². The lowest BCUT2D eigenvalue weighted by Crippen LogP contribution is -2.45. The average molecular weight is 288 g/mol. The van der Waals surface area contributed by atoms with E-state index in [2.05, 4.69) is 17.2 Å². The molecule has 1 heterocycles. The molecule has 0 spiro atoms. The quantitative estimate of drug-likeness (QED) is 0.560. The van der Waals surface area contributed by atoms with Crippen molar-refractivity contribution >= 4 is 17.6 Å². The summed E-state index contributed by atoms with van der Waals surface area (Å²) >= 11 is 0. The molecule has 0 unspecified atom stereocenters. The summed E-state index contributed by atoms with van der Waals surface area (Å²) in [4.78, 5) is 25.2. The summed E-state index contributed by atoms with van der Waals surface area (Å²) < 4.78 is 0. The third kappa shape index (κ3) is 4.06. The molecule has 1 aliphatic heterocycles. The molecule has 0 saturated carbocycles. The number of nitrogens with two attached hydrogens (primary N) is 1. The standard InChI is InChI=1S/C15H20N4O2/c1-2-7-17-15(21)18-14(20)10-19-8-6-12-11(9-19)4-3-5-13(12)16/h2-5H,1,6-10,16H2,(H2,17,18,20,21). The van der Waals surface area contributed by atoms with Crippen LogP contribution in [0, 0.1) is 0 Å². The first-order valence-corrected chi connectivity index (χ1v) is 6.87. The van der Waals surface area contributed by atoms with Crippen molar-refractivity contribution in [3.63, 3.8) is 0 Å². The number of rotatable bonds is 4. The Kier molecular flexibility index (Phi) is 4.94. The number of hydrogen-bond acceptors (Lipinski definition) is 4. The van der Waals surface area contributed by atoms with Crippen molar-refractivity contribution in [2.75, 3.05) is 25.4 Å². The van der Waals surface area contributed by atoms with Gasteiger partial charge in [0.25, 0.3) is 0 Å². The molecule has 0 aliphatic carbocycles. The average Bonchev–Trinajstić information content (AvgIpc) is 2.45. The first-order valence-electron chi connectivity index (χ1n) is 6.87. The lowest BCUT2D eigenvalue weighted by Gasteiger charge is -2.28. The van der Waals surface area contributed by atoms with E-state index in [1.165, 1.54) is 0 Å². The number of amides is 3. The number of fused-ring (bicyclic) bond motifs is 1. The highest BCUT2D eigenvalue weighted by atomic mass is 16.2. The van der Waals surface area contributed by atoms with Crippen LogP contribution in [0.2, 0.25) is 0 Å². The summed E-state index contributed by atoms with van der Waals surface area (Å²) in [5.41, 5.74) is 9.06. The van der Waals surface area contributed by atoms with Crippen molar-refractivity contribution in [2.24, 2.45) is 0 Å². The zero-order valence-corrected chi connectivity index (χ0v) is 11.9. The van der Waals surface area contributed by atoms with Gasteiger partial charge in [-0.15, -0.1) is 6.58 Å². The summed E-state index contributed by atoms with van der Waals surface area (Å²) in [5, 5.41) is 4.79. The second-order valence-electron chi connectivity index (χ2n) is 4.99. The molecule has 2 rings (SSSR count). The van der Waals surface area contributed by atoms with Crippen LogP contribution in [0.1, 0.15) is 11.1 Å². The number of benzene rings is 1. The Morgan fingerprint density at radius 3 is 3.00 bits per heavy atom. The van der Waals surface area contributed by atoms with Crippen molar-refractivity contribution < 1.29 is 9.59 Å². The van der Waals surface area contributed by atoms with Crippen LogP contribution in [0.4, 0.5) is 10.5 Å². The van der Waals surface area contributed by atoms with Crippen molar-refractivity contribution in [3.8, 4) is 0 Å². The number of hydrogen-bond donors (Lipinski definition) is 3. The van der Waals surface area contributed by atoms with E-state index >= 15 is 0 Å². The lowest BCUT2D eigenvalue weighted by molar-refractivity contribution is -0.121. The molecule has 4 N–H and O–H groups in total. The first-order chi connectivity index (χ1) is 10.1. The third-order valence-corrected chi connectivity index (χ3v) is 3.41. The summed E-state index contributed by atoms with van der Waals surface area (Å²) in [7, 11) is 0. The minimum Gasteiger partial charge on any atom is -0.398 e. The monoisotopic (exact) mass is 288 g/mol. The molecular formula is C15H20N4O2. The Hall–Kier alpha value is -2.34. The van der Waals surface area contributed by atoms with Gasteiger partial charge in [0.2, 0.25) is 5.91 Å². The van der Waals surface area contributed by atoms with Crippen molar-refractivity contribution in [3.05, 3.63) is 42.0 Å². The number of nitrogens with zero attached hydrogens (tertiary/aromatic N) is 1. The zero-order chi connectivity index (χ0) is 15.2. The highest BCUT2D eigenvalue weighted by molar-refractivity contribution is 5.95. The van der Waals surface area contributed by atoms with Gasteiger partial charge in [0.15, 0.2) is 0 Å². The van der Waals surface area contributed by atoms with E-state index in [9.17, 15) is 9.59 Å². The molecule has 1 aromatic carbocycles. The number of anilines is 1. The van der Waals surface area contributed by atoms with Gasteiger partial charge in [-0.1, -0.05) is 18.2 Å². The number of carbonyl (C=O) groups is 2. The molecular weight excluding hydrogens is 268 g/mol. The van der Waals surface area contributed by atoms with Gasteiger partial charge in [0.05, 0.1) is 6.54 Å². The molecule has 0 aromatic heterocycles. The Morgan fingerprint density at radius 2 is 2.24 bits per heavy atom. The molecule has 0 bridgehead atoms. The van der Waals surface area contributed by atoms with Gasteiger partial charge in [-0.25, -0.2) is 4.79 Å². The fourth-order valence-electron chi connectivity index (χ4n) is 2.41. The van der Waals surface area contributed by atoms with E-state index in [1.807, 2.05) is 23.1 Å². The fraction of sp³-hybridized carbons (Fsp3) is 0.333. The Bertz CT molecular complexity index is 557. The predicted molar refractivity (Wildman–Crippen MR) is 81.6 cm³/mol. The molecule has 112 valence electrons. The van der Waals surface area contributed by atoms with Crippen LogP contribution >= 0.6 is 0 Å². The molecule has 0 saturated heterocycles. The number of carbonyl (C=O) groups excluding carboxylic acids is 2. The van der Waals surface area contributed by atoms with Crippen molar-refractivity contribution in [1.29, 1.82) is 0 Å². The van der Waals surface area contributed by atoms with Crippen LogP contribution in [-0.4, -0.2) is 36.5 Å². The molecule has 1 aromatic rings. The fourth-order valence-corrected chi connectivity index (χ4v) is 2.41. The lowest BCUT2D eigenvalue weighted by atomic mass is 9.98. The van der Waals surface area contributed by atoms with Crippen LogP contribution in [0.3, 0.4) is 0 Å². The van der Waals surface area contributed by atoms with Crippen LogP contribution in [0.25, 0.3) is 0 Å².